The van der Waals surface area contributed by atoms with E-state index in [4.69, 9.17) is 4.74 Å². The van der Waals surface area contributed by atoms with E-state index in [1.807, 2.05) is 31.2 Å². The number of methoxy groups -OCH3 is 1. The summed E-state index contributed by atoms with van der Waals surface area (Å²) in [5.41, 5.74) is 1.96. The van der Waals surface area contributed by atoms with Crippen molar-refractivity contribution in [3.8, 4) is 16.3 Å². The minimum absolute atomic E-state index is 0.340. The van der Waals surface area contributed by atoms with Crippen molar-refractivity contribution in [2.75, 3.05) is 13.7 Å². The molecule has 25 heavy (non-hydrogen) atoms. The molecule has 1 aromatic carbocycles. The van der Waals surface area contributed by atoms with Crippen molar-refractivity contribution in [1.29, 1.82) is 0 Å². The SMILES string of the molecule is COc1ccc(-c2nc(C)c(CCNS(=O)(=O)c3cccs3)s2)cc1. The van der Waals surface area contributed by atoms with Crippen LogP contribution in [0.2, 0.25) is 0 Å². The molecule has 0 fully saturated rings. The molecule has 5 nitrogen and oxygen atoms in total. The lowest BCUT2D eigenvalue weighted by Crippen LogP contribution is -2.25. The zero-order valence-corrected chi connectivity index (χ0v) is 16.3. The van der Waals surface area contributed by atoms with Gasteiger partial charge in [-0.15, -0.1) is 22.7 Å². The molecule has 0 amide bonds. The molecule has 132 valence electrons. The maximum atomic E-state index is 12.1. The van der Waals surface area contributed by atoms with Crippen LogP contribution < -0.4 is 9.46 Å². The summed E-state index contributed by atoms with van der Waals surface area (Å²) in [6, 6.07) is 11.1. The second-order valence-electron chi connectivity index (χ2n) is 5.34. The molecule has 0 aliphatic carbocycles. The molecule has 3 rings (SSSR count). The van der Waals surface area contributed by atoms with Crippen LogP contribution in [0.4, 0.5) is 0 Å². The van der Waals surface area contributed by atoms with E-state index in [-0.39, 0.29) is 0 Å². The summed E-state index contributed by atoms with van der Waals surface area (Å²) in [5, 5.41) is 2.68. The zero-order chi connectivity index (χ0) is 17.9. The Morgan fingerprint density at radius 1 is 1.20 bits per heavy atom. The van der Waals surface area contributed by atoms with Gasteiger partial charge in [0.15, 0.2) is 0 Å². The molecule has 0 saturated carbocycles. The molecule has 1 N–H and O–H groups in total. The Bertz CT molecular complexity index is 930. The lowest BCUT2D eigenvalue weighted by atomic mass is 10.2. The number of rotatable bonds is 7. The van der Waals surface area contributed by atoms with Crippen molar-refractivity contribution in [3.63, 3.8) is 0 Å². The van der Waals surface area contributed by atoms with Gasteiger partial charge in [-0.25, -0.2) is 18.1 Å². The van der Waals surface area contributed by atoms with Crippen molar-refractivity contribution >= 4 is 32.7 Å². The van der Waals surface area contributed by atoms with E-state index >= 15 is 0 Å². The zero-order valence-electron chi connectivity index (χ0n) is 13.9. The number of thiophene rings is 1. The molecule has 0 bridgehead atoms. The van der Waals surface area contributed by atoms with Gasteiger partial charge in [-0.2, -0.15) is 0 Å². The van der Waals surface area contributed by atoms with Crippen molar-refractivity contribution in [2.45, 2.75) is 17.6 Å². The van der Waals surface area contributed by atoms with Crippen molar-refractivity contribution in [3.05, 3.63) is 52.3 Å². The van der Waals surface area contributed by atoms with Crippen molar-refractivity contribution in [2.24, 2.45) is 0 Å². The maximum absolute atomic E-state index is 12.1. The molecule has 8 heteroatoms. The van der Waals surface area contributed by atoms with Gasteiger partial charge in [0.25, 0.3) is 0 Å². The molecule has 0 spiro atoms. The van der Waals surface area contributed by atoms with Crippen LogP contribution in [0.5, 0.6) is 5.75 Å². The molecular formula is C17H18N2O3S3. The molecule has 0 unspecified atom stereocenters. The third-order valence-electron chi connectivity index (χ3n) is 3.63. The van der Waals surface area contributed by atoms with Crippen LogP contribution in [0.3, 0.4) is 0 Å². The highest BCUT2D eigenvalue weighted by atomic mass is 32.2. The summed E-state index contributed by atoms with van der Waals surface area (Å²) in [5.74, 6) is 0.806. The molecule has 0 aliphatic rings. The quantitative estimate of drug-likeness (QED) is 0.663. The first-order valence-electron chi connectivity index (χ1n) is 7.63. The Hall–Kier alpha value is -1.74. The van der Waals surface area contributed by atoms with Gasteiger partial charge in [0.1, 0.15) is 15.0 Å². The van der Waals surface area contributed by atoms with Gasteiger partial charge in [0, 0.05) is 17.0 Å². The number of aryl methyl sites for hydroxylation is 1. The van der Waals surface area contributed by atoms with E-state index < -0.39 is 10.0 Å². The van der Waals surface area contributed by atoms with Gasteiger partial charge in [0.05, 0.1) is 12.8 Å². The predicted molar refractivity (Wildman–Crippen MR) is 102 cm³/mol. The topological polar surface area (TPSA) is 68.3 Å². The number of aromatic nitrogens is 1. The summed E-state index contributed by atoms with van der Waals surface area (Å²) in [4.78, 5) is 5.69. The van der Waals surface area contributed by atoms with Crippen LogP contribution in [0.25, 0.3) is 10.6 Å². The van der Waals surface area contributed by atoms with E-state index in [2.05, 4.69) is 9.71 Å². The van der Waals surface area contributed by atoms with Gasteiger partial charge >= 0.3 is 0 Å². The number of nitrogens with one attached hydrogen (secondary N) is 1. The number of hydrogen-bond acceptors (Lipinski definition) is 6. The number of nitrogens with zero attached hydrogens (tertiary/aromatic N) is 1. The summed E-state index contributed by atoms with van der Waals surface area (Å²) in [6.07, 6.45) is 0.615. The molecule has 0 radical (unpaired) electrons. The molecule has 2 aromatic heterocycles. The van der Waals surface area contributed by atoms with Crippen LogP contribution in [0.15, 0.2) is 46.0 Å². The second-order valence-corrected chi connectivity index (χ2v) is 9.36. The minimum Gasteiger partial charge on any atom is -0.497 e. The Morgan fingerprint density at radius 3 is 2.60 bits per heavy atom. The second kappa shape index (κ2) is 7.65. The number of benzene rings is 1. The third-order valence-corrected chi connectivity index (χ3v) is 7.76. The lowest BCUT2D eigenvalue weighted by Gasteiger charge is -2.03. The van der Waals surface area contributed by atoms with Gasteiger partial charge in [0.2, 0.25) is 10.0 Å². The van der Waals surface area contributed by atoms with Crippen LogP contribution in [0.1, 0.15) is 10.6 Å². The average molecular weight is 395 g/mol. The van der Waals surface area contributed by atoms with E-state index in [1.165, 1.54) is 11.3 Å². The first-order valence-corrected chi connectivity index (χ1v) is 10.8. The predicted octanol–water partition coefficient (Wildman–Crippen LogP) is 3.71. The summed E-state index contributed by atoms with van der Waals surface area (Å²) in [6.45, 7) is 2.30. The van der Waals surface area contributed by atoms with Crippen molar-refractivity contribution < 1.29 is 13.2 Å². The molecular weight excluding hydrogens is 376 g/mol. The summed E-state index contributed by atoms with van der Waals surface area (Å²) >= 11 is 2.80. The standard InChI is InChI=1S/C17H18N2O3S3/c1-12-15(9-10-18-25(20,21)16-4-3-11-23-16)24-17(19-12)13-5-7-14(22-2)8-6-13/h3-8,11,18H,9-10H2,1-2H3. The lowest BCUT2D eigenvalue weighted by molar-refractivity contribution is 0.415. The highest BCUT2D eigenvalue weighted by Gasteiger charge is 2.15. The minimum atomic E-state index is -3.41. The van der Waals surface area contributed by atoms with E-state index in [0.29, 0.717) is 17.2 Å². The molecule has 0 saturated heterocycles. The van der Waals surface area contributed by atoms with E-state index in [0.717, 1.165) is 26.9 Å². The highest BCUT2D eigenvalue weighted by molar-refractivity contribution is 7.91. The number of sulfonamides is 1. The Labute approximate surface area is 155 Å². The number of thiazole rings is 1. The first-order chi connectivity index (χ1) is 12.0. The molecule has 3 aromatic rings. The van der Waals surface area contributed by atoms with Crippen LogP contribution >= 0.6 is 22.7 Å². The van der Waals surface area contributed by atoms with Gasteiger partial charge in [-0.1, -0.05) is 6.07 Å². The normalized spacial score (nSPS) is 11.6. The molecule has 0 aliphatic heterocycles. The van der Waals surface area contributed by atoms with E-state index in [1.54, 1.807) is 36.0 Å². The summed E-state index contributed by atoms with van der Waals surface area (Å²) in [7, 11) is -1.78. The average Bonchev–Trinajstić information content (AvgIpc) is 3.26. The Kier molecular flexibility index (Phi) is 5.53. The summed E-state index contributed by atoms with van der Waals surface area (Å²) < 4.78 is 32.4. The maximum Gasteiger partial charge on any atom is 0.250 e. The number of ether oxygens (including phenoxy) is 1. The van der Waals surface area contributed by atoms with Crippen LogP contribution in [-0.4, -0.2) is 27.1 Å². The van der Waals surface area contributed by atoms with Crippen LogP contribution in [-0.2, 0) is 16.4 Å². The van der Waals surface area contributed by atoms with Crippen molar-refractivity contribution in [1.82, 2.24) is 9.71 Å². The number of hydrogen-bond donors (Lipinski definition) is 1. The molecule has 0 atom stereocenters. The third kappa shape index (κ3) is 4.27. The van der Waals surface area contributed by atoms with E-state index in [9.17, 15) is 8.42 Å². The smallest absolute Gasteiger partial charge is 0.250 e. The largest absolute Gasteiger partial charge is 0.497 e. The highest BCUT2D eigenvalue weighted by Crippen LogP contribution is 2.29. The Morgan fingerprint density at radius 2 is 1.96 bits per heavy atom. The Balaban J connectivity index is 1.66. The fourth-order valence-electron chi connectivity index (χ4n) is 2.30. The van der Waals surface area contributed by atoms with Gasteiger partial charge < -0.3 is 4.74 Å². The molecule has 2 heterocycles. The monoisotopic (exact) mass is 394 g/mol. The first kappa shape index (κ1) is 18.1. The fourth-order valence-corrected chi connectivity index (χ4v) is 5.44. The van der Waals surface area contributed by atoms with Crippen LogP contribution in [0, 0.1) is 6.92 Å². The fraction of sp³-hybridized carbons (Fsp3) is 0.235. The van der Waals surface area contributed by atoms with Gasteiger partial charge in [-0.05, 0) is 49.1 Å². The van der Waals surface area contributed by atoms with Gasteiger partial charge in [-0.3, -0.25) is 0 Å².